The van der Waals surface area contributed by atoms with Crippen LogP contribution in [-0.2, 0) is 15.0 Å². The molecule has 2 amide bonds. The smallest absolute Gasteiger partial charge is 0.237 e. The van der Waals surface area contributed by atoms with Gasteiger partial charge in [0, 0.05) is 10.9 Å². The van der Waals surface area contributed by atoms with Crippen molar-refractivity contribution in [1.29, 1.82) is 0 Å². The van der Waals surface area contributed by atoms with Crippen LogP contribution in [0.5, 0.6) is 0 Å². The molecule has 1 aromatic rings. The number of halogens is 1. The lowest BCUT2D eigenvalue weighted by atomic mass is 9.72. The first-order valence-electron chi connectivity index (χ1n) is 5.69. The van der Waals surface area contributed by atoms with Crippen molar-refractivity contribution in [3.8, 4) is 0 Å². The molecule has 0 radical (unpaired) electrons. The van der Waals surface area contributed by atoms with Gasteiger partial charge in [-0.1, -0.05) is 35.0 Å². The highest BCUT2D eigenvalue weighted by molar-refractivity contribution is 9.10. The molecule has 2 rings (SSSR count). The van der Waals surface area contributed by atoms with Crippen LogP contribution in [0.25, 0.3) is 0 Å². The summed E-state index contributed by atoms with van der Waals surface area (Å²) in [6.45, 7) is 1.98. The number of carbonyl (C=O) groups excluding carboxylic acids is 2. The lowest BCUT2D eigenvalue weighted by Crippen LogP contribution is -2.51. The fourth-order valence-corrected chi connectivity index (χ4v) is 2.60. The predicted molar refractivity (Wildman–Crippen MR) is 68.5 cm³/mol. The Morgan fingerprint density at radius 1 is 1.29 bits per heavy atom. The van der Waals surface area contributed by atoms with Crippen LogP contribution >= 0.6 is 15.9 Å². The van der Waals surface area contributed by atoms with Crippen molar-refractivity contribution < 1.29 is 9.59 Å². The summed E-state index contributed by atoms with van der Waals surface area (Å²) in [5.41, 5.74) is 0.433. The third-order valence-electron chi connectivity index (χ3n) is 3.47. The monoisotopic (exact) mass is 295 g/mol. The van der Waals surface area contributed by atoms with Gasteiger partial charge in [0.15, 0.2) is 0 Å². The van der Waals surface area contributed by atoms with E-state index in [1.54, 1.807) is 0 Å². The van der Waals surface area contributed by atoms with E-state index in [2.05, 4.69) is 21.2 Å². The van der Waals surface area contributed by atoms with Crippen molar-refractivity contribution >= 4 is 27.7 Å². The van der Waals surface area contributed by atoms with Gasteiger partial charge < -0.3 is 0 Å². The zero-order valence-electron chi connectivity index (χ0n) is 9.63. The average molecular weight is 296 g/mol. The van der Waals surface area contributed by atoms with Crippen LogP contribution in [0, 0.1) is 0 Å². The third kappa shape index (κ3) is 2.14. The lowest BCUT2D eigenvalue weighted by Gasteiger charge is -2.34. The summed E-state index contributed by atoms with van der Waals surface area (Å²) in [6.07, 6.45) is 1.71. The molecule has 1 unspecified atom stereocenters. The molecule has 1 N–H and O–H groups in total. The SMILES string of the molecule is CCC1(c2ccc(Br)cc2)CCC(=O)NC1=O. The number of hydrogen-bond acceptors (Lipinski definition) is 2. The average Bonchev–Trinajstić information content (AvgIpc) is 2.31. The molecule has 1 atom stereocenters. The third-order valence-corrected chi connectivity index (χ3v) is 4.00. The van der Waals surface area contributed by atoms with Crippen molar-refractivity contribution in [3.05, 3.63) is 34.3 Å². The molecule has 0 aliphatic carbocycles. The zero-order valence-corrected chi connectivity index (χ0v) is 11.2. The van der Waals surface area contributed by atoms with Crippen molar-refractivity contribution in [3.63, 3.8) is 0 Å². The summed E-state index contributed by atoms with van der Waals surface area (Å²) in [5, 5.41) is 2.44. The quantitative estimate of drug-likeness (QED) is 0.852. The molecule has 0 aromatic heterocycles. The number of piperidine rings is 1. The van der Waals surface area contributed by atoms with E-state index in [4.69, 9.17) is 0 Å². The molecule has 1 heterocycles. The first-order valence-corrected chi connectivity index (χ1v) is 6.48. The van der Waals surface area contributed by atoms with Gasteiger partial charge in [-0.25, -0.2) is 0 Å². The minimum absolute atomic E-state index is 0.168. The summed E-state index contributed by atoms with van der Waals surface area (Å²) in [5.74, 6) is -0.338. The van der Waals surface area contributed by atoms with Gasteiger partial charge in [0.2, 0.25) is 11.8 Å². The van der Waals surface area contributed by atoms with Crippen LogP contribution in [0.3, 0.4) is 0 Å². The normalized spacial score (nSPS) is 24.6. The van der Waals surface area contributed by atoms with Crippen LogP contribution < -0.4 is 5.32 Å². The summed E-state index contributed by atoms with van der Waals surface area (Å²) in [6, 6.07) is 7.75. The number of hydrogen-bond donors (Lipinski definition) is 1. The predicted octanol–water partition coefficient (Wildman–Crippen LogP) is 2.53. The van der Waals surface area contributed by atoms with E-state index in [1.807, 2.05) is 31.2 Å². The Morgan fingerprint density at radius 3 is 2.47 bits per heavy atom. The summed E-state index contributed by atoms with van der Waals surface area (Å²) in [7, 11) is 0. The molecular weight excluding hydrogens is 282 g/mol. The number of benzene rings is 1. The van der Waals surface area contributed by atoms with Gasteiger partial charge in [-0.15, -0.1) is 0 Å². The van der Waals surface area contributed by atoms with Crippen molar-refractivity contribution in [2.24, 2.45) is 0 Å². The minimum Gasteiger partial charge on any atom is -0.296 e. The number of imide groups is 1. The fourth-order valence-electron chi connectivity index (χ4n) is 2.34. The molecule has 1 fully saturated rings. The fraction of sp³-hybridized carbons (Fsp3) is 0.385. The molecule has 0 spiro atoms. The second kappa shape index (κ2) is 4.61. The molecule has 3 nitrogen and oxygen atoms in total. The number of rotatable bonds is 2. The molecule has 1 aromatic carbocycles. The van der Waals surface area contributed by atoms with E-state index in [0.29, 0.717) is 19.3 Å². The van der Waals surface area contributed by atoms with Gasteiger partial charge in [-0.3, -0.25) is 14.9 Å². The number of carbonyl (C=O) groups is 2. The van der Waals surface area contributed by atoms with E-state index in [1.165, 1.54) is 0 Å². The highest BCUT2D eigenvalue weighted by Crippen LogP contribution is 2.36. The first-order chi connectivity index (χ1) is 8.08. The van der Waals surface area contributed by atoms with E-state index in [9.17, 15) is 9.59 Å². The van der Waals surface area contributed by atoms with Crippen LogP contribution in [0.4, 0.5) is 0 Å². The molecule has 0 bridgehead atoms. The van der Waals surface area contributed by atoms with E-state index in [0.717, 1.165) is 10.0 Å². The van der Waals surface area contributed by atoms with Crippen molar-refractivity contribution in [1.82, 2.24) is 5.32 Å². The van der Waals surface area contributed by atoms with E-state index < -0.39 is 5.41 Å². The lowest BCUT2D eigenvalue weighted by molar-refractivity contribution is -0.138. The Balaban J connectivity index is 2.40. The van der Waals surface area contributed by atoms with Gasteiger partial charge in [-0.05, 0) is 30.5 Å². The van der Waals surface area contributed by atoms with E-state index >= 15 is 0 Å². The highest BCUT2D eigenvalue weighted by Gasteiger charge is 2.42. The topological polar surface area (TPSA) is 46.2 Å². The van der Waals surface area contributed by atoms with Gasteiger partial charge in [0.1, 0.15) is 0 Å². The summed E-state index contributed by atoms with van der Waals surface area (Å²) < 4.78 is 0.986. The van der Waals surface area contributed by atoms with Crippen LogP contribution in [0.15, 0.2) is 28.7 Å². The standard InChI is InChI=1S/C13H14BrNO2/c1-2-13(8-7-11(16)15-12(13)17)9-3-5-10(14)6-4-9/h3-6H,2,7-8H2,1H3,(H,15,16,17). The molecule has 1 aliphatic heterocycles. The largest absolute Gasteiger partial charge is 0.296 e. The van der Waals surface area contributed by atoms with E-state index in [-0.39, 0.29) is 11.8 Å². The molecule has 0 saturated carbocycles. The maximum atomic E-state index is 12.1. The maximum Gasteiger partial charge on any atom is 0.237 e. The Kier molecular flexibility index (Phi) is 3.33. The van der Waals surface area contributed by atoms with Crippen LogP contribution in [-0.4, -0.2) is 11.8 Å². The Hall–Kier alpha value is -1.16. The molecular formula is C13H14BrNO2. The molecule has 4 heteroatoms. The Labute approximate surface area is 109 Å². The summed E-state index contributed by atoms with van der Waals surface area (Å²) in [4.78, 5) is 23.3. The van der Waals surface area contributed by atoms with Gasteiger partial charge in [0.25, 0.3) is 0 Å². The van der Waals surface area contributed by atoms with Crippen LogP contribution in [0.1, 0.15) is 31.7 Å². The minimum atomic E-state index is -0.547. The Bertz CT molecular complexity index is 455. The first kappa shape index (κ1) is 12.3. The number of amides is 2. The van der Waals surface area contributed by atoms with Gasteiger partial charge in [-0.2, -0.15) is 0 Å². The van der Waals surface area contributed by atoms with Crippen molar-refractivity contribution in [2.45, 2.75) is 31.6 Å². The Morgan fingerprint density at radius 2 is 1.94 bits per heavy atom. The van der Waals surface area contributed by atoms with Crippen molar-refractivity contribution in [2.75, 3.05) is 0 Å². The molecule has 1 saturated heterocycles. The van der Waals surface area contributed by atoms with Gasteiger partial charge >= 0.3 is 0 Å². The van der Waals surface area contributed by atoms with Crippen LogP contribution in [0.2, 0.25) is 0 Å². The summed E-state index contributed by atoms with van der Waals surface area (Å²) >= 11 is 3.38. The zero-order chi connectivity index (χ0) is 12.5. The number of nitrogens with one attached hydrogen (secondary N) is 1. The maximum absolute atomic E-state index is 12.1. The highest BCUT2D eigenvalue weighted by atomic mass is 79.9. The van der Waals surface area contributed by atoms with Gasteiger partial charge in [0.05, 0.1) is 5.41 Å². The second-order valence-corrected chi connectivity index (χ2v) is 5.24. The molecule has 1 aliphatic rings. The second-order valence-electron chi connectivity index (χ2n) is 4.32. The molecule has 90 valence electrons. The molecule has 17 heavy (non-hydrogen) atoms.